The number of aryl methyl sites for hydroxylation is 2. The van der Waals surface area contributed by atoms with Gasteiger partial charge in [-0.25, -0.2) is 4.98 Å². The Morgan fingerprint density at radius 3 is 2.38 bits per heavy atom. The third-order valence-electron chi connectivity index (χ3n) is 4.33. The molecular weight excluding hydrogens is 304 g/mol. The Morgan fingerprint density at radius 2 is 1.71 bits per heavy atom. The molecule has 0 spiro atoms. The van der Waals surface area contributed by atoms with E-state index in [9.17, 15) is 5.11 Å². The molecule has 0 aliphatic rings. The Balaban J connectivity index is 2.23. The standard InChI is InChI=1S/C19H22N2O3/c1-12-9-15-16(10-13(12)2)21(7-8-22)19(20-15)14-5-6-17(23-3)18(11-14)24-4/h5-6,9-11,22H,7-8H2,1-4H3. The van der Waals surface area contributed by atoms with E-state index in [1.807, 2.05) is 22.8 Å². The van der Waals surface area contributed by atoms with Gasteiger partial charge in [0.25, 0.3) is 0 Å². The van der Waals surface area contributed by atoms with E-state index in [4.69, 9.17) is 14.5 Å². The Bertz CT molecular complexity index is 884. The van der Waals surface area contributed by atoms with Crippen LogP contribution >= 0.6 is 0 Å². The van der Waals surface area contributed by atoms with Crippen molar-refractivity contribution in [3.05, 3.63) is 41.5 Å². The lowest BCUT2D eigenvalue weighted by Gasteiger charge is -2.11. The molecule has 0 unspecified atom stereocenters. The van der Waals surface area contributed by atoms with Crippen LogP contribution in [0.4, 0.5) is 0 Å². The van der Waals surface area contributed by atoms with Crippen LogP contribution in [0.3, 0.4) is 0 Å². The van der Waals surface area contributed by atoms with Crippen LogP contribution in [0.2, 0.25) is 0 Å². The predicted octanol–water partition coefficient (Wildman–Crippen LogP) is 3.33. The monoisotopic (exact) mass is 326 g/mol. The largest absolute Gasteiger partial charge is 0.493 e. The molecule has 3 aromatic rings. The summed E-state index contributed by atoms with van der Waals surface area (Å²) < 4.78 is 12.7. The van der Waals surface area contributed by atoms with Gasteiger partial charge in [-0.2, -0.15) is 0 Å². The number of hydrogen-bond donors (Lipinski definition) is 1. The first-order valence-electron chi connectivity index (χ1n) is 7.89. The maximum Gasteiger partial charge on any atom is 0.161 e. The summed E-state index contributed by atoms with van der Waals surface area (Å²) in [6.45, 7) is 4.71. The molecule has 5 nitrogen and oxygen atoms in total. The average molecular weight is 326 g/mol. The highest BCUT2D eigenvalue weighted by molar-refractivity contribution is 5.82. The molecule has 2 aromatic carbocycles. The second-order valence-electron chi connectivity index (χ2n) is 5.81. The van der Waals surface area contributed by atoms with Gasteiger partial charge in [0.05, 0.1) is 31.9 Å². The zero-order chi connectivity index (χ0) is 17.3. The maximum absolute atomic E-state index is 9.48. The number of aromatic nitrogens is 2. The number of aliphatic hydroxyl groups excluding tert-OH is 1. The van der Waals surface area contributed by atoms with Gasteiger partial charge >= 0.3 is 0 Å². The molecule has 0 amide bonds. The summed E-state index contributed by atoms with van der Waals surface area (Å²) in [5.41, 5.74) is 5.29. The minimum atomic E-state index is 0.0542. The second-order valence-corrected chi connectivity index (χ2v) is 5.81. The van der Waals surface area contributed by atoms with Crippen LogP contribution in [0.25, 0.3) is 22.4 Å². The second kappa shape index (κ2) is 6.53. The highest BCUT2D eigenvalue weighted by atomic mass is 16.5. The van der Waals surface area contributed by atoms with E-state index in [0.29, 0.717) is 18.0 Å². The number of nitrogens with zero attached hydrogens (tertiary/aromatic N) is 2. The third-order valence-corrected chi connectivity index (χ3v) is 4.33. The van der Waals surface area contributed by atoms with Gasteiger partial charge in [0.2, 0.25) is 0 Å². The quantitative estimate of drug-likeness (QED) is 0.781. The van der Waals surface area contributed by atoms with Crippen LogP contribution in [-0.4, -0.2) is 35.5 Å². The number of aliphatic hydroxyl groups is 1. The summed E-state index contributed by atoms with van der Waals surface area (Å²) in [7, 11) is 3.23. The molecule has 0 aliphatic heterocycles. The minimum Gasteiger partial charge on any atom is -0.493 e. The van der Waals surface area contributed by atoms with Gasteiger partial charge in [0.1, 0.15) is 5.82 Å². The SMILES string of the molecule is COc1ccc(-c2nc3cc(C)c(C)cc3n2CCO)cc1OC. The zero-order valence-corrected chi connectivity index (χ0v) is 14.5. The summed E-state index contributed by atoms with van der Waals surface area (Å²) in [4.78, 5) is 4.79. The van der Waals surface area contributed by atoms with Crippen molar-refractivity contribution >= 4 is 11.0 Å². The minimum absolute atomic E-state index is 0.0542. The van der Waals surface area contributed by atoms with Gasteiger partial charge in [0.15, 0.2) is 11.5 Å². The van der Waals surface area contributed by atoms with Crippen molar-refractivity contribution in [2.24, 2.45) is 0 Å². The van der Waals surface area contributed by atoms with E-state index in [-0.39, 0.29) is 6.61 Å². The van der Waals surface area contributed by atoms with Crippen LogP contribution in [0.5, 0.6) is 11.5 Å². The summed E-state index contributed by atoms with van der Waals surface area (Å²) in [5, 5.41) is 9.48. The Labute approximate surface area is 141 Å². The van der Waals surface area contributed by atoms with E-state index in [2.05, 4.69) is 26.0 Å². The number of benzene rings is 2. The first-order chi connectivity index (χ1) is 11.6. The molecule has 1 N–H and O–H groups in total. The molecule has 1 heterocycles. The number of rotatable bonds is 5. The number of fused-ring (bicyclic) bond motifs is 1. The topological polar surface area (TPSA) is 56.5 Å². The molecule has 5 heteroatoms. The molecule has 0 atom stereocenters. The summed E-state index contributed by atoms with van der Waals surface area (Å²) in [6, 6.07) is 9.94. The van der Waals surface area contributed by atoms with E-state index in [0.717, 1.165) is 22.4 Å². The summed E-state index contributed by atoms with van der Waals surface area (Å²) >= 11 is 0. The first kappa shape index (κ1) is 16.3. The van der Waals surface area contributed by atoms with Gasteiger partial charge in [-0.05, 0) is 55.3 Å². The number of imidazole rings is 1. The molecular formula is C19H22N2O3. The van der Waals surface area contributed by atoms with Crippen molar-refractivity contribution < 1.29 is 14.6 Å². The molecule has 1 aromatic heterocycles. The Kier molecular flexibility index (Phi) is 4.44. The van der Waals surface area contributed by atoms with Gasteiger partial charge in [-0.15, -0.1) is 0 Å². The number of methoxy groups -OCH3 is 2. The van der Waals surface area contributed by atoms with Crippen LogP contribution in [-0.2, 0) is 6.54 Å². The lowest BCUT2D eigenvalue weighted by molar-refractivity contribution is 0.278. The van der Waals surface area contributed by atoms with Gasteiger partial charge in [0, 0.05) is 12.1 Å². The fourth-order valence-electron chi connectivity index (χ4n) is 2.90. The zero-order valence-electron chi connectivity index (χ0n) is 14.5. The van der Waals surface area contributed by atoms with Gasteiger partial charge < -0.3 is 19.1 Å². The van der Waals surface area contributed by atoms with Crippen molar-refractivity contribution in [3.8, 4) is 22.9 Å². The van der Waals surface area contributed by atoms with Crippen LogP contribution in [0, 0.1) is 13.8 Å². The lowest BCUT2D eigenvalue weighted by Crippen LogP contribution is -2.04. The molecule has 0 bridgehead atoms. The van der Waals surface area contributed by atoms with Crippen molar-refractivity contribution in [2.45, 2.75) is 20.4 Å². The molecule has 0 radical (unpaired) electrons. The van der Waals surface area contributed by atoms with Crippen LogP contribution in [0.15, 0.2) is 30.3 Å². The molecule has 126 valence electrons. The predicted molar refractivity (Wildman–Crippen MR) is 94.8 cm³/mol. The van der Waals surface area contributed by atoms with Crippen molar-refractivity contribution in [1.82, 2.24) is 9.55 Å². The molecule has 0 aliphatic carbocycles. The fourth-order valence-corrected chi connectivity index (χ4v) is 2.90. The molecule has 3 rings (SSSR count). The molecule has 0 saturated carbocycles. The number of hydrogen-bond acceptors (Lipinski definition) is 4. The smallest absolute Gasteiger partial charge is 0.161 e. The van der Waals surface area contributed by atoms with Crippen molar-refractivity contribution in [1.29, 1.82) is 0 Å². The normalized spacial score (nSPS) is 11.0. The highest BCUT2D eigenvalue weighted by Gasteiger charge is 2.15. The van der Waals surface area contributed by atoms with Crippen molar-refractivity contribution in [2.75, 3.05) is 20.8 Å². The Hall–Kier alpha value is -2.53. The molecule has 0 saturated heterocycles. The molecule has 0 fully saturated rings. The Morgan fingerprint density at radius 1 is 1.00 bits per heavy atom. The highest BCUT2D eigenvalue weighted by Crippen LogP contribution is 2.33. The first-order valence-corrected chi connectivity index (χ1v) is 7.89. The third kappa shape index (κ3) is 2.71. The van der Waals surface area contributed by atoms with Crippen molar-refractivity contribution in [3.63, 3.8) is 0 Å². The van der Waals surface area contributed by atoms with E-state index < -0.39 is 0 Å². The van der Waals surface area contributed by atoms with E-state index >= 15 is 0 Å². The van der Waals surface area contributed by atoms with E-state index in [1.165, 1.54) is 11.1 Å². The van der Waals surface area contributed by atoms with Crippen LogP contribution in [0.1, 0.15) is 11.1 Å². The van der Waals surface area contributed by atoms with Gasteiger partial charge in [-0.3, -0.25) is 0 Å². The lowest BCUT2D eigenvalue weighted by atomic mass is 10.1. The number of ether oxygens (including phenoxy) is 2. The summed E-state index contributed by atoms with van der Waals surface area (Å²) in [6.07, 6.45) is 0. The molecule has 24 heavy (non-hydrogen) atoms. The van der Waals surface area contributed by atoms with Crippen LogP contribution < -0.4 is 9.47 Å². The summed E-state index contributed by atoms with van der Waals surface area (Å²) in [5.74, 6) is 2.15. The fraction of sp³-hybridized carbons (Fsp3) is 0.316. The van der Waals surface area contributed by atoms with Gasteiger partial charge in [-0.1, -0.05) is 0 Å². The average Bonchev–Trinajstić information content (AvgIpc) is 2.92. The maximum atomic E-state index is 9.48. The van der Waals surface area contributed by atoms with E-state index in [1.54, 1.807) is 14.2 Å².